The number of benzene rings is 2. The molecule has 2 aromatic carbocycles. The van der Waals surface area contributed by atoms with Crippen LogP contribution in [0.25, 0.3) is 0 Å². The van der Waals surface area contributed by atoms with Crippen LogP contribution in [0.4, 0.5) is 4.79 Å². The Morgan fingerprint density at radius 1 is 0.941 bits per heavy atom. The van der Waals surface area contributed by atoms with E-state index >= 15 is 0 Å². The highest BCUT2D eigenvalue weighted by atomic mass is 16.5. The van der Waals surface area contributed by atoms with Crippen molar-refractivity contribution in [3.8, 4) is 35.2 Å². The molecule has 13 heteroatoms. The van der Waals surface area contributed by atoms with Crippen LogP contribution in [0.5, 0.6) is 11.5 Å². The van der Waals surface area contributed by atoms with Crippen molar-refractivity contribution in [3.63, 3.8) is 0 Å². The summed E-state index contributed by atoms with van der Waals surface area (Å²) in [7, 11) is 5.59. The van der Waals surface area contributed by atoms with Crippen LogP contribution in [0.2, 0.25) is 6.82 Å². The number of unbranched alkanes of at least 4 members (excludes halogenated alkanes) is 4. The largest absolute Gasteiger partial charge is 0.494 e. The van der Waals surface area contributed by atoms with Crippen LogP contribution >= 0.6 is 0 Å². The van der Waals surface area contributed by atoms with Gasteiger partial charge in [-0.25, -0.2) is 0 Å². The number of carbonyl (C=O) groups is 1. The molecule has 2 aromatic rings. The Morgan fingerprint density at radius 2 is 1.41 bits per heavy atom. The number of amides is 1. The maximum Gasteiger partial charge on any atom is 0.374 e. The summed E-state index contributed by atoms with van der Waals surface area (Å²) in [5, 5.41) is 48.3. The second kappa shape index (κ2) is 25.4. The lowest BCUT2D eigenvalue weighted by molar-refractivity contribution is -0.0300. The van der Waals surface area contributed by atoms with E-state index in [1.165, 1.54) is 18.1 Å². The zero-order chi connectivity index (χ0) is 38.2. The molecule has 1 fully saturated rings. The monoisotopic (exact) mass is 706 g/mol. The minimum Gasteiger partial charge on any atom is -0.494 e. The summed E-state index contributed by atoms with van der Waals surface area (Å²) in [5.41, 5.74) is 0.656. The molecule has 6 N–H and O–H groups in total. The highest BCUT2D eigenvalue weighted by molar-refractivity contribution is 6.57. The van der Waals surface area contributed by atoms with E-state index in [0.717, 1.165) is 61.8 Å². The van der Waals surface area contributed by atoms with Gasteiger partial charge in [0, 0.05) is 18.2 Å². The molecule has 0 saturated carbocycles. The number of nitrogens with zero attached hydrogens (tertiary/aromatic N) is 1. The number of nitrogens with one attached hydrogen (secondary N) is 1. The predicted molar refractivity (Wildman–Crippen MR) is 201 cm³/mol. The van der Waals surface area contributed by atoms with E-state index in [9.17, 15) is 25.1 Å². The van der Waals surface area contributed by atoms with Gasteiger partial charge >= 0.3 is 7.05 Å². The first-order chi connectivity index (χ1) is 24.4. The van der Waals surface area contributed by atoms with Gasteiger partial charge in [-0.05, 0) is 82.0 Å². The SMILES string of the molecule is CCCCCOc1ccc(C#C[C@H](O)[C@@H](CO)NB(C)O)cc1.CO.[B]C(=O)N1[C@@H]([C@@H](O)C#Cc2ccc(OCCCCC)cc2)COC1(C)C. The van der Waals surface area contributed by atoms with Gasteiger partial charge in [0.2, 0.25) is 7.85 Å². The van der Waals surface area contributed by atoms with E-state index in [-0.39, 0.29) is 13.2 Å². The van der Waals surface area contributed by atoms with Crippen molar-refractivity contribution in [2.75, 3.05) is 33.5 Å². The van der Waals surface area contributed by atoms with E-state index in [4.69, 9.17) is 27.2 Å². The van der Waals surface area contributed by atoms with Gasteiger partial charge in [-0.2, -0.15) is 0 Å². The topological polar surface area (TPSA) is 161 Å². The second-order valence-electron chi connectivity index (χ2n) is 12.3. The van der Waals surface area contributed by atoms with Crippen LogP contribution in [0, 0.1) is 23.7 Å². The molecule has 0 bridgehead atoms. The Morgan fingerprint density at radius 3 is 1.82 bits per heavy atom. The zero-order valence-electron chi connectivity index (χ0n) is 31.0. The number of aliphatic hydroxyl groups is 4. The van der Waals surface area contributed by atoms with Gasteiger partial charge in [0.05, 0.1) is 38.5 Å². The first-order valence-electron chi connectivity index (χ1n) is 17.5. The molecule has 1 saturated heterocycles. The van der Waals surface area contributed by atoms with Crippen molar-refractivity contribution >= 4 is 20.7 Å². The Labute approximate surface area is 306 Å². The average Bonchev–Trinajstić information content (AvgIpc) is 3.46. The van der Waals surface area contributed by atoms with Crippen molar-refractivity contribution in [2.24, 2.45) is 0 Å². The first kappa shape index (κ1) is 45.5. The van der Waals surface area contributed by atoms with E-state index in [0.29, 0.717) is 13.2 Å². The fraction of sp³-hybridized carbons (Fsp3) is 0.553. The van der Waals surface area contributed by atoms with Crippen LogP contribution in [-0.4, -0.2) is 115 Å². The maximum atomic E-state index is 11.7. The molecule has 1 amide bonds. The molecular weight excluding hydrogens is 650 g/mol. The molecule has 51 heavy (non-hydrogen) atoms. The van der Waals surface area contributed by atoms with Crippen molar-refractivity contribution in [2.45, 2.75) is 103 Å². The molecule has 11 nitrogen and oxygen atoms in total. The highest BCUT2D eigenvalue weighted by Crippen LogP contribution is 2.28. The smallest absolute Gasteiger partial charge is 0.374 e. The molecule has 0 unspecified atom stereocenters. The Bertz CT molecular complexity index is 1370. The molecule has 0 spiro atoms. The summed E-state index contributed by atoms with van der Waals surface area (Å²) in [6.45, 7) is 10.6. The standard InChI is InChI=1S/C20H26BNO4.C17H26BNO4.CH4O/c1-4-5-6-13-25-16-10-7-15(8-11-16)9-12-18(23)17-14-26-20(2,3)22(17)19(21)24;1-3-4-5-12-23-15-9-6-14(7-10-15)8-11-17(21)16(13-20)19-18(2)22;1-2/h7-8,10-11,17-18,23H,4-6,13-14H2,1-3H3;6-7,9-10,16-17,19-22H,3-5,12-13H2,1-2H3;2H,1H3/t17-,18+;16-,17+;/m11./s1. The van der Waals surface area contributed by atoms with Gasteiger partial charge in [-0.15, -0.1) is 0 Å². The van der Waals surface area contributed by atoms with Crippen molar-refractivity contribution in [1.29, 1.82) is 0 Å². The second-order valence-corrected chi connectivity index (χ2v) is 12.3. The molecule has 0 aromatic heterocycles. The van der Waals surface area contributed by atoms with Crippen molar-refractivity contribution in [1.82, 2.24) is 10.1 Å². The number of aliphatic hydroxyl groups excluding tert-OH is 4. The minimum atomic E-state index is -1.07. The fourth-order valence-corrected chi connectivity index (χ4v) is 4.91. The van der Waals surface area contributed by atoms with Crippen molar-refractivity contribution < 1.29 is 44.5 Å². The Hall–Kier alpha value is -3.52. The van der Waals surface area contributed by atoms with Gasteiger partial charge in [0.15, 0.2) is 5.81 Å². The van der Waals surface area contributed by atoms with Gasteiger partial charge in [-0.1, -0.05) is 63.2 Å². The molecule has 278 valence electrons. The summed E-state index contributed by atoms with van der Waals surface area (Å²) in [6, 6.07) is 13.5. The van der Waals surface area contributed by atoms with Crippen LogP contribution in [-0.2, 0) is 4.74 Å². The zero-order valence-corrected chi connectivity index (χ0v) is 31.0. The lowest BCUT2D eigenvalue weighted by Gasteiger charge is -2.34. The molecule has 3 rings (SSSR count). The summed E-state index contributed by atoms with van der Waals surface area (Å²) in [6.07, 6.45) is 4.62. The lowest BCUT2D eigenvalue weighted by Crippen LogP contribution is -2.51. The van der Waals surface area contributed by atoms with Crippen LogP contribution in [0.3, 0.4) is 0 Å². The summed E-state index contributed by atoms with van der Waals surface area (Å²) in [4.78, 5) is 13.0. The van der Waals surface area contributed by atoms with Gasteiger partial charge in [-0.3, -0.25) is 4.79 Å². The number of hydrogen-bond acceptors (Lipinski definition) is 10. The molecule has 1 heterocycles. The number of carbonyl (C=O) groups excluding carboxylic acids is 1. The normalized spacial score (nSPS) is 15.9. The van der Waals surface area contributed by atoms with E-state index in [1.54, 1.807) is 13.8 Å². The summed E-state index contributed by atoms with van der Waals surface area (Å²) >= 11 is 0. The third-order valence-electron chi connectivity index (χ3n) is 7.62. The molecule has 1 aliphatic rings. The quantitative estimate of drug-likeness (QED) is 0.0922. The van der Waals surface area contributed by atoms with E-state index in [1.807, 2.05) is 48.5 Å². The molecule has 4 atom stereocenters. The fourth-order valence-electron chi connectivity index (χ4n) is 4.91. The van der Waals surface area contributed by atoms with Gasteiger partial charge in [0.25, 0.3) is 0 Å². The Balaban J connectivity index is 0.000000490. The van der Waals surface area contributed by atoms with Crippen LogP contribution in [0.1, 0.15) is 77.3 Å². The van der Waals surface area contributed by atoms with Crippen molar-refractivity contribution in [3.05, 3.63) is 59.7 Å². The average molecular weight is 706 g/mol. The number of rotatable bonds is 15. The van der Waals surface area contributed by atoms with E-state index in [2.05, 4.69) is 42.8 Å². The molecule has 2 radical (unpaired) electrons. The van der Waals surface area contributed by atoms with Gasteiger partial charge < -0.3 is 49.8 Å². The van der Waals surface area contributed by atoms with Crippen LogP contribution < -0.4 is 14.7 Å². The number of hydrogen-bond donors (Lipinski definition) is 6. The number of ether oxygens (including phenoxy) is 3. The molecular formula is C38H56B2N2O9. The predicted octanol–water partition coefficient (Wildman–Crippen LogP) is 3.33. The first-order valence-corrected chi connectivity index (χ1v) is 17.5. The Kier molecular flexibility index (Phi) is 22.7. The minimum absolute atomic E-state index is 0.191. The third-order valence-corrected chi connectivity index (χ3v) is 7.62. The summed E-state index contributed by atoms with van der Waals surface area (Å²) < 4.78 is 16.8. The molecule has 1 aliphatic heterocycles. The summed E-state index contributed by atoms with van der Waals surface area (Å²) in [5.74, 6) is 12.2. The molecule has 0 aliphatic carbocycles. The lowest BCUT2D eigenvalue weighted by atomic mass is 9.86. The highest BCUT2D eigenvalue weighted by Gasteiger charge is 2.44. The maximum absolute atomic E-state index is 11.7. The van der Waals surface area contributed by atoms with Gasteiger partial charge in [0.1, 0.15) is 29.4 Å². The third kappa shape index (κ3) is 17.5. The van der Waals surface area contributed by atoms with E-state index < -0.39 is 42.9 Å². The van der Waals surface area contributed by atoms with Crippen LogP contribution in [0.15, 0.2) is 48.5 Å².